The molecule has 2 aromatic heterocycles. The molecule has 1 aliphatic heterocycles. The van der Waals surface area contributed by atoms with Crippen molar-refractivity contribution in [3.63, 3.8) is 0 Å². The van der Waals surface area contributed by atoms with Crippen LogP contribution >= 0.6 is 23.1 Å². The van der Waals surface area contributed by atoms with Crippen LogP contribution in [0.25, 0.3) is 0 Å². The van der Waals surface area contributed by atoms with Gasteiger partial charge in [0.2, 0.25) is 5.91 Å². The fourth-order valence-corrected chi connectivity index (χ4v) is 6.19. The number of thioether (sulfide) groups is 1. The van der Waals surface area contributed by atoms with Gasteiger partial charge in [0, 0.05) is 24.1 Å². The molecule has 3 aromatic rings. The van der Waals surface area contributed by atoms with Crippen LogP contribution in [-0.2, 0) is 24.7 Å². The Kier molecular flexibility index (Phi) is 6.24. The van der Waals surface area contributed by atoms with E-state index in [2.05, 4.69) is 21.6 Å². The molecule has 1 aliphatic carbocycles. The molecule has 10 heteroatoms. The summed E-state index contributed by atoms with van der Waals surface area (Å²) < 4.78 is 13.7. The molecule has 33 heavy (non-hydrogen) atoms. The molecule has 1 N–H and O–H groups in total. The van der Waals surface area contributed by atoms with Gasteiger partial charge in [-0.3, -0.25) is 4.79 Å². The van der Waals surface area contributed by atoms with E-state index in [1.54, 1.807) is 11.3 Å². The molecule has 0 spiro atoms. The number of hydrogen-bond donors (Lipinski definition) is 1. The highest BCUT2D eigenvalue weighted by atomic mass is 32.2. The van der Waals surface area contributed by atoms with Crippen molar-refractivity contribution in [2.45, 2.75) is 43.4 Å². The maximum absolute atomic E-state index is 12.5. The highest BCUT2D eigenvalue weighted by molar-refractivity contribution is 7.99. The van der Waals surface area contributed by atoms with Crippen molar-refractivity contribution < 1.29 is 14.3 Å². The Balaban J connectivity index is 1.17. The van der Waals surface area contributed by atoms with Gasteiger partial charge in [0.05, 0.1) is 5.56 Å². The van der Waals surface area contributed by atoms with Crippen LogP contribution < -0.4 is 14.8 Å². The number of ether oxygens (including phenoxy) is 2. The lowest BCUT2D eigenvalue weighted by atomic mass is 9.96. The third-order valence-corrected chi connectivity index (χ3v) is 7.99. The van der Waals surface area contributed by atoms with Crippen LogP contribution in [0.2, 0.25) is 0 Å². The Labute approximate surface area is 199 Å². The van der Waals surface area contributed by atoms with Crippen LogP contribution in [0.4, 0.5) is 5.00 Å². The second-order valence-corrected chi connectivity index (χ2v) is 10.1. The number of benzene rings is 1. The molecule has 1 aromatic carbocycles. The number of carbonyl (C=O) groups is 1. The number of aromatic nitrogens is 3. The summed E-state index contributed by atoms with van der Waals surface area (Å²) in [5, 5.41) is 22.5. The fraction of sp³-hybridized carbons (Fsp3) is 0.391. The molecule has 0 bridgehead atoms. The van der Waals surface area contributed by atoms with Crippen LogP contribution in [-0.4, -0.2) is 33.0 Å². The van der Waals surface area contributed by atoms with Crippen molar-refractivity contribution in [3.8, 4) is 17.6 Å². The van der Waals surface area contributed by atoms with Gasteiger partial charge in [-0.2, -0.15) is 5.26 Å². The predicted octanol–water partition coefficient (Wildman–Crippen LogP) is 4.26. The largest absolute Gasteiger partial charge is 0.485 e. The lowest BCUT2D eigenvalue weighted by Gasteiger charge is -2.25. The summed E-state index contributed by atoms with van der Waals surface area (Å²) in [6, 6.07) is 9.84. The topological polar surface area (TPSA) is 102 Å². The first-order chi connectivity index (χ1) is 16.1. The van der Waals surface area contributed by atoms with Gasteiger partial charge in [-0.1, -0.05) is 23.9 Å². The summed E-state index contributed by atoms with van der Waals surface area (Å²) >= 11 is 3.01. The van der Waals surface area contributed by atoms with Crippen LogP contribution in [0.15, 0.2) is 29.4 Å². The van der Waals surface area contributed by atoms with Crippen LogP contribution in [0.1, 0.15) is 47.2 Å². The molecule has 1 amide bonds. The van der Waals surface area contributed by atoms with Crippen LogP contribution in [0, 0.1) is 11.3 Å². The number of fused-ring (bicyclic) bond motifs is 2. The van der Waals surface area contributed by atoms with E-state index in [4.69, 9.17) is 9.47 Å². The molecule has 0 saturated heterocycles. The second kappa shape index (κ2) is 9.45. The average molecular weight is 482 g/mol. The first-order valence-corrected chi connectivity index (χ1v) is 12.7. The summed E-state index contributed by atoms with van der Waals surface area (Å²) in [4.78, 5) is 13.8. The highest BCUT2D eigenvalue weighted by Gasteiger charge is 2.27. The van der Waals surface area contributed by atoms with Gasteiger partial charge in [0.1, 0.15) is 17.7 Å². The monoisotopic (exact) mass is 481 g/mol. The van der Waals surface area contributed by atoms with E-state index in [0.29, 0.717) is 46.1 Å². The average Bonchev–Trinajstić information content (AvgIpc) is 3.38. The zero-order valence-electron chi connectivity index (χ0n) is 18.2. The molecule has 0 saturated carbocycles. The van der Waals surface area contributed by atoms with Crippen molar-refractivity contribution in [2.24, 2.45) is 7.05 Å². The van der Waals surface area contributed by atoms with E-state index >= 15 is 0 Å². The summed E-state index contributed by atoms with van der Waals surface area (Å²) in [6.07, 6.45) is 4.15. The number of nitrogens with one attached hydrogen (secondary N) is 1. The molecular formula is C23H23N5O3S2. The van der Waals surface area contributed by atoms with Crippen molar-refractivity contribution in [3.05, 3.63) is 46.1 Å². The van der Waals surface area contributed by atoms with Gasteiger partial charge in [0.25, 0.3) is 0 Å². The fourth-order valence-electron chi connectivity index (χ4n) is 4.08. The van der Waals surface area contributed by atoms with E-state index in [1.807, 2.05) is 35.9 Å². The highest BCUT2D eigenvalue weighted by Crippen LogP contribution is 2.38. The summed E-state index contributed by atoms with van der Waals surface area (Å²) in [6.45, 7) is 0.363. The Bertz CT molecular complexity index is 1230. The first kappa shape index (κ1) is 21.8. The van der Waals surface area contributed by atoms with E-state index < -0.39 is 0 Å². The molecule has 0 fully saturated rings. The summed E-state index contributed by atoms with van der Waals surface area (Å²) in [5.74, 6) is 2.55. The number of aryl methyl sites for hydroxylation is 1. The Morgan fingerprint density at radius 2 is 2.12 bits per heavy atom. The molecule has 1 unspecified atom stereocenters. The Morgan fingerprint density at radius 1 is 1.30 bits per heavy atom. The van der Waals surface area contributed by atoms with Crippen LogP contribution in [0.3, 0.4) is 0 Å². The normalized spacial score (nSPS) is 16.7. The van der Waals surface area contributed by atoms with Gasteiger partial charge < -0.3 is 19.4 Å². The zero-order valence-corrected chi connectivity index (χ0v) is 19.8. The van der Waals surface area contributed by atoms with E-state index in [0.717, 1.165) is 37.0 Å². The van der Waals surface area contributed by atoms with Gasteiger partial charge in [0.15, 0.2) is 28.6 Å². The molecule has 1 atom stereocenters. The molecule has 170 valence electrons. The minimum absolute atomic E-state index is 0.0967. The Hall–Kier alpha value is -3.03. The molecule has 2 aliphatic rings. The Morgan fingerprint density at radius 3 is 2.97 bits per heavy atom. The maximum atomic E-state index is 12.5. The number of anilines is 1. The molecule has 3 heterocycles. The van der Waals surface area contributed by atoms with Crippen molar-refractivity contribution in [2.75, 3.05) is 17.7 Å². The van der Waals surface area contributed by atoms with Gasteiger partial charge >= 0.3 is 0 Å². The third-order valence-electron chi connectivity index (χ3n) is 5.76. The number of carbonyl (C=O) groups excluding carboxylic acids is 1. The SMILES string of the molecule is Cn1c(SCCC(=O)Nc2sc3c(c2C#N)CCCC3)nnc1C1COc2ccccc2O1. The number of amides is 1. The smallest absolute Gasteiger partial charge is 0.225 e. The zero-order chi connectivity index (χ0) is 22.8. The minimum atomic E-state index is -0.343. The number of nitrogens with zero attached hydrogens (tertiary/aromatic N) is 4. The molecular weight excluding hydrogens is 458 g/mol. The predicted molar refractivity (Wildman–Crippen MR) is 126 cm³/mol. The third kappa shape index (κ3) is 4.43. The molecule has 0 radical (unpaired) electrons. The number of para-hydroxylation sites is 2. The van der Waals surface area contributed by atoms with Crippen molar-refractivity contribution >= 4 is 34.0 Å². The van der Waals surface area contributed by atoms with Crippen molar-refractivity contribution in [1.29, 1.82) is 5.26 Å². The van der Waals surface area contributed by atoms with Gasteiger partial charge in [-0.15, -0.1) is 21.5 Å². The molecule has 8 nitrogen and oxygen atoms in total. The quantitative estimate of drug-likeness (QED) is 0.525. The summed E-state index contributed by atoms with van der Waals surface area (Å²) in [7, 11) is 1.89. The summed E-state index contributed by atoms with van der Waals surface area (Å²) in [5.41, 5.74) is 1.77. The number of rotatable bonds is 6. The minimum Gasteiger partial charge on any atom is -0.485 e. The standard InChI is InChI=1S/C23H23N5O3S2/c1-28-21(18-13-30-16-7-3-4-8-17(16)31-18)26-27-23(28)32-11-10-20(29)25-22-15(12-24)14-6-2-5-9-19(14)33-22/h3-4,7-8,18H,2,5-6,9-11,13H2,1H3,(H,25,29). The first-order valence-electron chi connectivity index (χ1n) is 10.9. The van der Waals surface area contributed by atoms with E-state index in [9.17, 15) is 10.1 Å². The molecule has 5 rings (SSSR count). The number of hydrogen-bond acceptors (Lipinski definition) is 8. The number of thiophene rings is 1. The van der Waals surface area contributed by atoms with Crippen LogP contribution in [0.5, 0.6) is 11.5 Å². The number of nitriles is 1. The van der Waals surface area contributed by atoms with E-state index in [1.165, 1.54) is 16.6 Å². The lowest BCUT2D eigenvalue weighted by Crippen LogP contribution is -2.24. The lowest BCUT2D eigenvalue weighted by molar-refractivity contribution is -0.115. The van der Waals surface area contributed by atoms with Gasteiger partial charge in [-0.05, 0) is 43.4 Å². The maximum Gasteiger partial charge on any atom is 0.225 e. The van der Waals surface area contributed by atoms with Gasteiger partial charge in [-0.25, -0.2) is 0 Å². The second-order valence-electron chi connectivity index (χ2n) is 7.94. The van der Waals surface area contributed by atoms with E-state index in [-0.39, 0.29) is 12.0 Å². The van der Waals surface area contributed by atoms with Crippen molar-refractivity contribution in [1.82, 2.24) is 14.8 Å².